The molecule has 0 N–H and O–H groups in total. The van der Waals surface area contributed by atoms with E-state index in [0.29, 0.717) is 0 Å². The number of hydrogen-bond acceptors (Lipinski definition) is 20. The van der Waals surface area contributed by atoms with Gasteiger partial charge in [0.2, 0.25) is 0 Å². The lowest BCUT2D eigenvalue weighted by molar-refractivity contribution is -0.331. The van der Waals surface area contributed by atoms with Crippen LogP contribution in [0.15, 0.2) is 0 Å². The molecule has 1 rings (SSSR count). The van der Waals surface area contributed by atoms with Crippen molar-refractivity contribution in [1.29, 1.82) is 0 Å². The quantitative estimate of drug-likeness (QED) is 0.134. The summed E-state index contributed by atoms with van der Waals surface area (Å²) in [5.41, 5.74) is 0. The number of carbonyl (C=O) groups excluding carboxylic acids is 9. The predicted octanol–water partition coefficient (Wildman–Crippen LogP) is -0.624. The van der Waals surface area contributed by atoms with Gasteiger partial charge < -0.3 is 52.1 Å². The van der Waals surface area contributed by atoms with E-state index in [0.717, 1.165) is 62.3 Å². The summed E-state index contributed by atoms with van der Waals surface area (Å²) in [6.07, 6.45) is -15.9. The van der Waals surface area contributed by atoms with Gasteiger partial charge >= 0.3 is 53.7 Å². The molecule has 20 nitrogen and oxygen atoms in total. The Balaban J connectivity index is 4.07. The highest BCUT2D eigenvalue weighted by Gasteiger charge is 2.55. The largest absolute Gasteiger partial charge is 0.463 e. The molecule has 0 aromatic heterocycles. The van der Waals surface area contributed by atoms with E-state index < -0.39 is 129 Å². The van der Waals surface area contributed by atoms with Gasteiger partial charge in [0, 0.05) is 62.3 Å². The first-order valence-electron chi connectivity index (χ1n) is 15.0. The molecule has 0 radical (unpaired) electrons. The summed E-state index contributed by atoms with van der Waals surface area (Å²) < 4.78 is 59.5. The molecular weight excluding hydrogens is 680 g/mol. The fourth-order valence-electron chi connectivity index (χ4n) is 4.59. The summed E-state index contributed by atoms with van der Waals surface area (Å²) in [5.74, 6) is -8.38. The Morgan fingerprint density at radius 1 is 0.460 bits per heavy atom. The van der Waals surface area contributed by atoms with E-state index in [4.69, 9.17) is 52.1 Å². The van der Waals surface area contributed by atoms with Gasteiger partial charge in [0.15, 0.2) is 42.9 Å². The molecule has 1 heterocycles. The Bertz CT molecular complexity index is 1260. The average molecular weight is 723 g/mol. The lowest BCUT2D eigenvalue weighted by Crippen LogP contribution is -2.65. The van der Waals surface area contributed by atoms with Gasteiger partial charge in [-0.05, 0) is 0 Å². The Labute approximate surface area is 286 Å². The molecule has 50 heavy (non-hydrogen) atoms. The minimum absolute atomic E-state index is 0.654. The standard InChI is InChI=1S/C30H42O20/c1-13(31)40-10-22(43-16(4)34)25(45-18(6)36)26(23(44-17(5)35)11-41-14(2)32)50-30-29(48-21(9)39)28(47-20(8)38)27(46-19(7)37)24(49-30)12-42-15(3)33/h22-30H,10-12H2,1-9H3/t22-,23+,24+,25+,26+,27+,28-,29+,30-/m0/s1. The molecule has 0 spiro atoms. The Kier molecular flexibility index (Phi) is 17.8. The number of ether oxygens (including phenoxy) is 11. The molecule has 0 amide bonds. The molecule has 1 fully saturated rings. The molecule has 0 unspecified atom stereocenters. The lowest BCUT2D eigenvalue weighted by atomic mass is 9.97. The monoisotopic (exact) mass is 722 g/mol. The molecule has 282 valence electrons. The normalized spacial score (nSPS) is 22.1. The van der Waals surface area contributed by atoms with Crippen LogP contribution in [0.2, 0.25) is 0 Å². The Morgan fingerprint density at radius 3 is 1.26 bits per heavy atom. The zero-order chi connectivity index (χ0) is 38.3. The molecule has 0 bridgehead atoms. The third kappa shape index (κ3) is 15.6. The van der Waals surface area contributed by atoms with Crippen LogP contribution in [0.5, 0.6) is 0 Å². The highest BCUT2D eigenvalue weighted by Crippen LogP contribution is 2.33. The topological polar surface area (TPSA) is 255 Å². The fraction of sp³-hybridized carbons (Fsp3) is 0.700. The van der Waals surface area contributed by atoms with Crippen LogP contribution < -0.4 is 0 Å². The highest BCUT2D eigenvalue weighted by atomic mass is 16.8. The molecule has 0 aliphatic carbocycles. The van der Waals surface area contributed by atoms with Crippen molar-refractivity contribution in [2.75, 3.05) is 19.8 Å². The lowest BCUT2D eigenvalue weighted by Gasteiger charge is -2.46. The van der Waals surface area contributed by atoms with Crippen molar-refractivity contribution in [2.45, 2.75) is 117 Å². The number of rotatable bonds is 17. The Hall–Kier alpha value is -4.85. The average Bonchev–Trinajstić information content (AvgIpc) is 2.95. The minimum atomic E-state index is -1.97. The van der Waals surface area contributed by atoms with E-state index in [1.807, 2.05) is 0 Å². The van der Waals surface area contributed by atoms with E-state index >= 15 is 0 Å². The fourth-order valence-corrected chi connectivity index (χ4v) is 4.59. The van der Waals surface area contributed by atoms with Gasteiger partial charge in [-0.1, -0.05) is 0 Å². The summed E-state index contributed by atoms with van der Waals surface area (Å²) in [6, 6.07) is 0. The second-order valence-corrected chi connectivity index (χ2v) is 10.6. The SMILES string of the molecule is CC(=O)OC[C@H](OC(C)=O)[C@@H](OC(C)=O)[C@H](O[C@@H]1O[C@H](COC(C)=O)[C@@H](OC(C)=O)[C@H](OC(C)=O)[C@H]1OC(C)=O)[C@@H](COC(C)=O)OC(C)=O. The molecule has 1 saturated heterocycles. The smallest absolute Gasteiger partial charge is 0.303 e. The zero-order valence-electron chi connectivity index (χ0n) is 29.0. The molecule has 20 heteroatoms. The van der Waals surface area contributed by atoms with Crippen molar-refractivity contribution in [1.82, 2.24) is 0 Å². The minimum Gasteiger partial charge on any atom is -0.463 e. The van der Waals surface area contributed by atoms with Gasteiger partial charge in [0.25, 0.3) is 0 Å². The molecule has 1 aliphatic heterocycles. The summed E-state index contributed by atoms with van der Waals surface area (Å²) >= 11 is 0. The highest BCUT2D eigenvalue weighted by molar-refractivity contribution is 5.70. The van der Waals surface area contributed by atoms with E-state index in [1.54, 1.807) is 0 Å². The maximum absolute atomic E-state index is 12.4. The van der Waals surface area contributed by atoms with Crippen molar-refractivity contribution in [3.63, 3.8) is 0 Å². The van der Waals surface area contributed by atoms with Crippen LogP contribution >= 0.6 is 0 Å². The molecular formula is C30H42O20. The van der Waals surface area contributed by atoms with E-state index in [2.05, 4.69) is 0 Å². The number of carbonyl (C=O) groups is 9. The third-order valence-corrected chi connectivity index (χ3v) is 6.13. The van der Waals surface area contributed by atoms with Crippen LogP contribution in [0.25, 0.3) is 0 Å². The van der Waals surface area contributed by atoms with Crippen LogP contribution in [-0.2, 0) is 95.3 Å². The first-order chi connectivity index (χ1) is 23.2. The molecule has 1 aliphatic rings. The zero-order valence-corrected chi connectivity index (χ0v) is 29.0. The first kappa shape index (κ1) is 43.2. The second-order valence-electron chi connectivity index (χ2n) is 10.6. The van der Waals surface area contributed by atoms with Crippen LogP contribution in [0.3, 0.4) is 0 Å². The molecule has 0 aromatic carbocycles. The van der Waals surface area contributed by atoms with Gasteiger partial charge in [-0.3, -0.25) is 43.2 Å². The van der Waals surface area contributed by atoms with Crippen LogP contribution in [0, 0.1) is 0 Å². The van der Waals surface area contributed by atoms with E-state index in [-0.39, 0.29) is 0 Å². The third-order valence-electron chi connectivity index (χ3n) is 6.13. The van der Waals surface area contributed by atoms with Crippen molar-refractivity contribution in [3.05, 3.63) is 0 Å². The summed E-state index contributed by atoms with van der Waals surface area (Å²) in [4.78, 5) is 109. The van der Waals surface area contributed by atoms with E-state index in [9.17, 15) is 43.2 Å². The van der Waals surface area contributed by atoms with Crippen molar-refractivity contribution < 1.29 is 95.3 Å². The van der Waals surface area contributed by atoms with Crippen LogP contribution in [0.1, 0.15) is 62.3 Å². The van der Waals surface area contributed by atoms with Crippen LogP contribution in [-0.4, -0.2) is 129 Å². The van der Waals surface area contributed by atoms with E-state index in [1.165, 1.54) is 0 Å². The molecule has 0 saturated carbocycles. The Morgan fingerprint density at radius 2 is 0.860 bits per heavy atom. The van der Waals surface area contributed by atoms with Crippen molar-refractivity contribution in [3.8, 4) is 0 Å². The second kappa shape index (κ2) is 20.6. The summed E-state index contributed by atoms with van der Waals surface area (Å²) in [7, 11) is 0. The number of hydrogen-bond donors (Lipinski definition) is 0. The van der Waals surface area contributed by atoms with Gasteiger partial charge in [-0.15, -0.1) is 0 Å². The predicted molar refractivity (Wildman–Crippen MR) is 157 cm³/mol. The van der Waals surface area contributed by atoms with Gasteiger partial charge in [0.1, 0.15) is 32.0 Å². The van der Waals surface area contributed by atoms with Gasteiger partial charge in [-0.25, -0.2) is 0 Å². The maximum Gasteiger partial charge on any atom is 0.303 e. The van der Waals surface area contributed by atoms with Crippen LogP contribution in [0.4, 0.5) is 0 Å². The summed E-state index contributed by atoms with van der Waals surface area (Å²) in [6.45, 7) is 6.74. The van der Waals surface area contributed by atoms with Gasteiger partial charge in [-0.2, -0.15) is 0 Å². The van der Waals surface area contributed by atoms with Gasteiger partial charge in [0.05, 0.1) is 0 Å². The van der Waals surface area contributed by atoms with Crippen molar-refractivity contribution in [2.24, 2.45) is 0 Å². The van der Waals surface area contributed by atoms with Crippen molar-refractivity contribution >= 4 is 53.7 Å². The summed E-state index contributed by atoms with van der Waals surface area (Å²) in [5, 5.41) is 0. The first-order valence-corrected chi connectivity index (χ1v) is 15.0. The number of esters is 9. The molecule has 9 atom stereocenters. The maximum atomic E-state index is 12.4. The molecule has 0 aromatic rings.